The Kier molecular flexibility index (Phi) is 5.62. The second kappa shape index (κ2) is 7.46. The largest absolute Gasteiger partial charge is 0.497 e. The molecule has 0 heterocycles. The van der Waals surface area contributed by atoms with Crippen LogP contribution in [0.3, 0.4) is 0 Å². The first-order valence-corrected chi connectivity index (χ1v) is 7.23. The van der Waals surface area contributed by atoms with Crippen molar-refractivity contribution in [3.05, 3.63) is 64.7 Å². The number of rotatable bonds is 6. The SMILES string of the molecule is COc1ccc(C(OCc2ccc(Cl)cc2)C(C)N)cc1. The Bertz CT molecular complexity index is 552. The summed E-state index contributed by atoms with van der Waals surface area (Å²) < 4.78 is 11.1. The van der Waals surface area contributed by atoms with Gasteiger partial charge in [0, 0.05) is 11.1 Å². The second-order valence-corrected chi connectivity index (χ2v) is 5.43. The van der Waals surface area contributed by atoms with Gasteiger partial charge in [-0.2, -0.15) is 0 Å². The Morgan fingerprint density at radius 1 is 1.05 bits per heavy atom. The molecule has 0 saturated heterocycles. The van der Waals surface area contributed by atoms with Crippen molar-refractivity contribution in [1.29, 1.82) is 0 Å². The second-order valence-electron chi connectivity index (χ2n) is 4.99. The molecule has 0 radical (unpaired) electrons. The fourth-order valence-electron chi connectivity index (χ4n) is 2.11. The first kappa shape index (κ1) is 15.8. The van der Waals surface area contributed by atoms with Gasteiger partial charge in [0.15, 0.2) is 0 Å². The van der Waals surface area contributed by atoms with Crippen LogP contribution in [0.15, 0.2) is 48.5 Å². The highest BCUT2D eigenvalue weighted by molar-refractivity contribution is 6.30. The molecule has 0 amide bonds. The van der Waals surface area contributed by atoms with Crippen LogP contribution in [0.25, 0.3) is 0 Å². The van der Waals surface area contributed by atoms with Crippen molar-refractivity contribution in [2.45, 2.75) is 25.7 Å². The molecule has 4 heteroatoms. The predicted molar refractivity (Wildman–Crippen MR) is 85.6 cm³/mol. The molecule has 0 spiro atoms. The Balaban J connectivity index is 2.06. The highest BCUT2D eigenvalue weighted by Crippen LogP contribution is 2.24. The average Bonchev–Trinajstić information content (AvgIpc) is 2.49. The number of methoxy groups -OCH3 is 1. The van der Waals surface area contributed by atoms with E-state index in [0.29, 0.717) is 6.61 Å². The molecule has 0 fully saturated rings. The van der Waals surface area contributed by atoms with E-state index in [9.17, 15) is 0 Å². The summed E-state index contributed by atoms with van der Waals surface area (Å²) in [6.45, 7) is 2.44. The molecule has 2 atom stereocenters. The van der Waals surface area contributed by atoms with Gasteiger partial charge in [-0.25, -0.2) is 0 Å². The molecule has 21 heavy (non-hydrogen) atoms. The van der Waals surface area contributed by atoms with Crippen molar-refractivity contribution in [1.82, 2.24) is 0 Å². The van der Waals surface area contributed by atoms with Crippen LogP contribution in [0.5, 0.6) is 5.75 Å². The number of hydrogen-bond donors (Lipinski definition) is 1. The van der Waals surface area contributed by atoms with Crippen molar-refractivity contribution < 1.29 is 9.47 Å². The predicted octanol–water partition coefficient (Wildman–Crippen LogP) is 3.95. The Hall–Kier alpha value is -1.55. The monoisotopic (exact) mass is 305 g/mol. The summed E-state index contributed by atoms with van der Waals surface area (Å²) >= 11 is 5.88. The van der Waals surface area contributed by atoms with Gasteiger partial charge in [0.05, 0.1) is 19.8 Å². The standard InChI is InChI=1S/C17H20ClNO2/c1-12(19)17(14-5-9-16(20-2)10-6-14)21-11-13-3-7-15(18)8-4-13/h3-10,12,17H,11,19H2,1-2H3. The highest BCUT2D eigenvalue weighted by atomic mass is 35.5. The third kappa shape index (κ3) is 4.46. The highest BCUT2D eigenvalue weighted by Gasteiger charge is 2.17. The molecule has 0 bridgehead atoms. The number of ether oxygens (including phenoxy) is 2. The van der Waals surface area contributed by atoms with E-state index in [1.807, 2.05) is 55.5 Å². The fourth-order valence-corrected chi connectivity index (χ4v) is 2.24. The van der Waals surface area contributed by atoms with Gasteiger partial charge in [-0.15, -0.1) is 0 Å². The molecular formula is C17H20ClNO2. The molecule has 0 aliphatic carbocycles. The van der Waals surface area contributed by atoms with E-state index in [1.165, 1.54) is 0 Å². The quantitative estimate of drug-likeness (QED) is 0.878. The number of nitrogens with two attached hydrogens (primary N) is 1. The molecular weight excluding hydrogens is 286 g/mol. The van der Waals surface area contributed by atoms with Crippen LogP contribution < -0.4 is 10.5 Å². The third-order valence-electron chi connectivity index (χ3n) is 3.26. The van der Waals surface area contributed by atoms with Gasteiger partial charge < -0.3 is 15.2 Å². The minimum absolute atomic E-state index is 0.106. The summed E-state index contributed by atoms with van der Waals surface area (Å²) in [5.74, 6) is 0.819. The molecule has 2 unspecified atom stereocenters. The minimum Gasteiger partial charge on any atom is -0.497 e. The maximum absolute atomic E-state index is 6.05. The zero-order valence-corrected chi connectivity index (χ0v) is 13.0. The number of hydrogen-bond acceptors (Lipinski definition) is 3. The molecule has 2 rings (SSSR count). The first-order chi connectivity index (χ1) is 10.1. The maximum Gasteiger partial charge on any atom is 0.118 e. The van der Waals surface area contributed by atoms with Crippen LogP contribution in [0.4, 0.5) is 0 Å². The van der Waals surface area contributed by atoms with Crippen molar-refractivity contribution >= 4 is 11.6 Å². The summed E-state index contributed by atoms with van der Waals surface area (Å²) in [6, 6.07) is 15.3. The van der Waals surface area contributed by atoms with Crippen LogP contribution in [-0.2, 0) is 11.3 Å². The summed E-state index contributed by atoms with van der Waals surface area (Å²) in [7, 11) is 1.65. The molecule has 2 aromatic rings. The van der Waals surface area contributed by atoms with Gasteiger partial charge in [0.25, 0.3) is 0 Å². The van der Waals surface area contributed by atoms with Crippen LogP contribution in [0.1, 0.15) is 24.2 Å². The number of benzene rings is 2. The summed E-state index contributed by atoms with van der Waals surface area (Å²) in [6.07, 6.45) is -0.161. The Morgan fingerprint density at radius 3 is 2.19 bits per heavy atom. The van der Waals surface area contributed by atoms with Gasteiger partial charge in [0.1, 0.15) is 5.75 Å². The molecule has 3 nitrogen and oxygen atoms in total. The lowest BCUT2D eigenvalue weighted by Gasteiger charge is -2.22. The van der Waals surface area contributed by atoms with E-state index >= 15 is 0 Å². The first-order valence-electron chi connectivity index (χ1n) is 6.85. The molecule has 2 N–H and O–H groups in total. The Morgan fingerprint density at radius 2 is 1.67 bits per heavy atom. The van der Waals surface area contributed by atoms with E-state index in [4.69, 9.17) is 26.8 Å². The lowest BCUT2D eigenvalue weighted by Crippen LogP contribution is -2.26. The lowest BCUT2D eigenvalue weighted by atomic mass is 10.0. The van der Waals surface area contributed by atoms with Crippen LogP contribution in [0.2, 0.25) is 5.02 Å². The molecule has 0 aliphatic heterocycles. The zero-order valence-electron chi connectivity index (χ0n) is 12.3. The van der Waals surface area contributed by atoms with Gasteiger partial charge in [-0.1, -0.05) is 35.9 Å². The average molecular weight is 306 g/mol. The van der Waals surface area contributed by atoms with Gasteiger partial charge >= 0.3 is 0 Å². The van der Waals surface area contributed by atoms with E-state index in [1.54, 1.807) is 7.11 Å². The van der Waals surface area contributed by atoms with E-state index in [0.717, 1.165) is 21.9 Å². The molecule has 112 valence electrons. The molecule has 2 aromatic carbocycles. The molecule has 0 saturated carbocycles. The van der Waals surface area contributed by atoms with Gasteiger partial charge in [-0.3, -0.25) is 0 Å². The van der Waals surface area contributed by atoms with Crippen molar-refractivity contribution in [2.24, 2.45) is 5.73 Å². The smallest absolute Gasteiger partial charge is 0.118 e. The van der Waals surface area contributed by atoms with Gasteiger partial charge in [-0.05, 0) is 42.3 Å². The van der Waals surface area contributed by atoms with E-state index in [-0.39, 0.29) is 12.1 Å². The minimum atomic E-state index is -0.161. The topological polar surface area (TPSA) is 44.5 Å². The van der Waals surface area contributed by atoms with Crippen LogP contribution in [-0.4, -0.2) is 13.2 Å². The maximum atomic E-state index is 6.05. The van der Waals surface area contributed by atoms with Crippen LogP contribution in [0, 0.1) is 0 Å². The zero-order chi connectivity index (χ0) is 15.2. The lowest BCUT2D eigenvalue weighted by molar-refractivity contribution is 0.0259. The summed E-state index contributed by atoms with van der Waals surface area (Å²) in [5.41, 5.74) is 8.16. The molecule has 0 aliphatic rings. The Labute approximate surface area is 130 Å². The van der Waals surface area contributed by atoms with Crippen LogP contribution >= 0.6 is 11.6 Å². The fraction of sp³-hybridized carbons (Fsp3) is 0.294. The normalized spacial score (nSPS) is 13.7. The third-order valence-corrected chi connectivity index (χ3v) is 3.52. The van der Waals surface area contributed by atoms with Gasteiger partial charge in [0.2, 0.25) is 0 Å². The van der Waals surface area contributed by atoms with Crippen molar-refractivity contribution in [3.8, 4) is 5.75 Å². The summed E-state index contributed by atoms with van der Waals surface area (Å²) in [5, 5.41) is 0.720. The summed E-state index contributed by atoms with van der Waals surface area (Å²) in [4.78, 5) is 0. The number of halogens is 1. The van der Waals surface area contributed by atoms with E-state index < -0.39 is 0 Å². The van der Waals surface area contributed by atoms with Crippen molar-refractivity contribution in [2.75, 3.05) is 7.11 Å². The molecule has 0 aromatic heterocycles. The van der Waals surface area contributed by atoms with E-state index in [2.05, 4.69) is 0 Å². The van der Waals surface area contributed by atoms with Crippen molar-refractivity contribution in [3.63, 3.8) is 0 Å².